The number of ether oxygens (including phenoxy) is 1. The molecule has 29 heavy (non-hydrogen) atoms. The maximum Gasteiger partial charge on any atom is 0.330 e. The molecule has 0 N–H and O–H groups in total. The third kappa shape index (κ3) is 4.26. The van der Waals surface area contributed by atoms with Gasteiger partial charge in [-0.2, -0.15) is 0 Å². The van der Waals surface area contributed by atoms with E-state index in [-0.39, 0.29) is 23.1 Å². The Morgan fingerprint density at radius 2 is 1.83 bits per heavy atom. The molecule has 6 heteroatoms. The molecule has 0 aliphatic carbocycles. The molecule has 3 rings (SSSR count). The molecule has 0 saturated carbocycles. The highest BCUT2D eigenvalue weighted by Crippen LogP contribution is 2.20. The van der Waals surface area contributed by atoms with E-state index in [2.05, 4.69) is 4.98 Å². The van der Waals surface area contributed by atoms with Crippen LogP contribution in [0.3, 0.4) is 0 Å². The van der Waals surface area contributed by atoms with Crippen molar-refractivity contribution >= 4 is 22.9 Å². The summed E-state index contributed by atoms with van der Waals surface area (Å²) in [5.41, 5.74) is 2.94. The molecule has 1 heterocycles. The highest BCUT2D eigenvalue weighted by atomic mass is 19.1. The van der Waals surface area contributed by atoms with Gasteiger partial charge in [-0.1, -0.05) is 13.0 Å². The maximum absolute atomic E-state index is 14.5. The third-order valence-corrected chi connectivity index (χ3v) is 4.52. The van der Waals surface area contributed by atoms with Crippen LogP contribution >= 0.6 is 0 Å². The highest BCUT2D eigenvalue weighted by molar-refractivity contribution is 5.88. The van der Waals surface area contributed by atoms with E-state index >= 15 is 0 Å². The Balaban J connectivity index is 2.23. The van der Waals surface area contributed by atoms with Crippen LogP contribution in [0.25, 0.3) is 22.7 Å². The molecule has 0 aliphatic rings. The van der Waals surface area contributed by atoms with E-state index in [0.717, 1.165) is 22.9 Å². The SMILES string of the molecule is CCOC(=O)/C=C/c1cc2c(=O)n(-c3cc(C)cc(C)c3)c(CC)nc2cc1F. The van der Waals surface area contributed by atoms with Crippen molar-refractivity contribution < 1.29 is 13.9 Å². The molecule has 0 atom stereocenters. The van der Waals surface area contributed by atoms with Crippen molar-refractivity contribution in [3.63, 3.8) is 0 Å². The molecule has 1 aromatic heterocycles. The van der Waals surface area contributed by atoms with Gasteiger partial charge in [-0.05, 0) is 56.2 Å². The smallest absolute Gasteiger partial charge is 0.330 e. The van der Waals surface area contributed by atoms with Crippen molar-refractivity contribution in [2.24, 2.45) is 0 Å². The minimum absolute atomic E-state index is 0.126. The Morgan fingerprint density at radius 1 is 1.14 bits per heavy atom. The lowest BCUT2D eigenvalue weighted by Crippen LogP contribution is -2.24. The van der Waals surface area contributed by atoms with Crippen molar-refractivity contribution in [1.82, 2.24) is 9.55 Å². The maximum atomic E-state index is 14.5. The van der Waals surface area contributed by atoms with Crippen LogP contribution in [0, 0.1) is 19.7 Å². The zero-order valence-electron chi connectivity index (χ0n) is 17.0. The van der Waals surface area contributed by atoms with E-state index < -0.39 is 11.8 Å². The molecule has 0 radical (unpaired) electrons. The lowest BCUT2D eigenvalue weighted by Gasteiger charge is -2.14. The molecule has 0 spiro atoms. The molecule has 0 fully saturated rings. The summed E-state index contributed by atoms with van der Waals surface area (Å²) < 4.78 is 20.9. The number of rotatable bonds is 5. The fourth-order valence-corrected chi connectivity index (χ4v) is 3.33. The number of aromatic nitrogens is 2. The number of carbonyl (C=O) groups excluding carboxylic acids is 1. The van der Waals surface area contributed by atoms with Gasteiger partial charge in [0.2, 0.25) is 0 Å². The van der Waals surface area contributed by atoms with E-state index in [4.69, 9.17) is 4.74 Å². The van der Waals surface area contributed by atoms with Crippen LogP contribution in [-0.4, -0.2) is 22.1 Å². The highest BCUT2D eigenvalue weighted by Gasteiger charge is 2.15. The van der Waals surface area contributed by atoms with Crippen molar-refractivity contribution in [3.05, 3.63) is 75.1 Å². The Labute approximate surface area is 168 Å². The Morgan fingerprint density at radius 3 is 2.45 bits per heavy atom. The number of aryl methyl sites for hydroxylation is 3. The summed E-state index contributed by atoms with van der Waals surface area (Å²) in [6, 6.07) is 8.53. The van der Waals surface area contributed by atoms with Crippen LogP contribution in [0.15, 0.2) is 41.2 Å². The van der Waals surface area contributed by atoms with Gasteiger partial charge in [-0.15, -0.1) is 0 Å². The Kier molecular flexibility index (Phi) is 5.92. The molecule has 0 bridgehead atoms. The van der Waals surface area contributed by atoms with Gasteiger partial charge in [0.1, 0.15) is 11.6 Å². The number of benzene rings is 2. The molecule has 150 valence electrons. The van der Waals surface area contributed by atoms with Gasteiger partial charge in [0.25, 0.3) is 5.56 Å². The predicted octanol–water partition coefficient (Wildman–Crippen LogP) is 4.28. The summed E-state index contributed by atoms with van der Waals surface area (Å²) in [6.07, 6.45) is 2.97. The Bertz CT molecular complexity index is 1160. The monoisotopic (exact) mass is 394 g/mol. The van der Waals surface area contributed by atoms with Crippen LogP contribution in [0.5, 0.6) is 0 Å². The average Bonchev–Trinajstić information content (AvgIpc) is 2.65. The van der Waals surface area contributed by atoms with E-state index in [1.807, 2.05) is 39.0 Å². The average molecular weight is 394 g/mol. The number of nitrogens with zero attached hydrogens (tertiary/aromatic N) is 2. The first kappa shape index (κ1) is 20.5. The topological polar surface area (TPSA) is 61.2 Å². The van der Waals surface area contributed by atoms with Gasteiger partial charge < -0.3 is 4.74 Å². The zero-order valence-corrected chi connectivity index (χ0v) is 17.0. The minimum atomic E-state index is -0.570. The first-order valence-electron chi connectivity index (χ1n) is 9.52. The van der Waals surface area contributed by atoms with E-state index in [0.29, 0.717) is 17.8 Å². The van der Waals surface area contributed by atoms with Gasteiger partial charge in [-0.25, -0.2) is 14.2 Å². The lowest BCUT2D eigenvalue weighted by atomic mass is 10.1. The number of halogens is 1. The molecule has 0 saturated heterocycles. The second kappa shape index (κ2) is 8.39. The first-order chi connectivity index (χ1) is 13.8. The summed E-state index contributed by atoms with van der Waals surface area (Å²) >= 11 is 0. The number of fused-ring (bicyclic) bond motifs is 1. The van der Waals surface area contributed by atoms with Crippen molar-refractivity contribution in [2.75, 3.05) is 6.61 Å². The summed E-state index contributed by atoms with van der Waals surface area (Å²) in [5, 5.41) is 0.284. The number of carbonyl (C=O) groups is 1. The largest absolute Gasteiger partial charge is 0.463 e. The number of hydrogen-bond acceptors (Lipinski definition) is 4. The number of esters is 1. The van der Waals surface area contributed by atoms with Crippen molar-refractivity contribution in [1.29, 1.82) is 0 Å². The van der Waals surface area contributed by atoms with E-state index in [1.165, 1.54) is 18.2 Å². The zero-order chi connectivity index (χ0) is 21.1. The van der Waals surface area contributed by atoms with E-state index in [9.17, 15) is 14.0 Å². The van der Waals surface area contributed by atoms with Crippen molar-refractivity contribution in [3.8, 4) is 5.69 Å². The van der Waals surface area contributed by atoms with Crippen LogP contribution in [0.4, 0.5) is 4.39 Å². The fraction of sp³-hybridized carbons (Fsp3) is 0.261. The molecular weight excluding hydrogens is 371 g/mol. The molecule has 0 amide bonds. The van der Waals surface area contributed by atoms with Gasteiger partial charge in [0.15, 0.2) is 0 Å². The normalized spacial score (nSPS) is 11.3. The molecule has 5 nitrogen and oxygen atoms in total. The summed E-state index contributed by atoms with van der Waals surface area (Å²) in [6.45, 7) is 7.76. The standard InChI is InChI=1S/C23H23FN2O3/c1-5-21-25-20-13-19(24)16(7-8-22(27)29-6-2)12-18(20)23(28)26(21)17-10-14(3)9-15(4)11-17/h7-13H,5-6H2,1-4H3/b8-7+. The third-order valence-electron chi connectivity index (χ3n) is 4.52. The second-order valence-electron chi connectivity index (χ2n) is 6.84. The molecule has 0 unspecified atom stereocenters. The van der Waals surface area contributed by atoms with Gasteiger partial charge in [0, 0.05) is 24.1 Å². The van der Waals surface area contributed by atoms with Gasteiger partial charge in [0.05, 0.1) is 23.2 Å². The van der Waals surface area contributed by atoms with Crippen LogP contribution in [0.2, 0.25) is 0 Å². The van der Waals surface area contributed by atoms with Crippen LogP contribution in [0.1, 0.15) is 36.4 Å². The quantitative estimate of drug-likeness (QED) is 0.479. The van der Waals surface area contributed by atoms with Crippen LogP contribution < -0.4 is 5.56 Å². The minimum Gasteiger partial charge on any atom is -0.463 e. The van der Waals surface area contributed by atoms with Crippen molar-refractivity contribution in [2.45, 2.75) is 34.1 Å². The molecule has 3 aromatic rings. The summed E-state index contributed by atoms with van der Waals surface area (Å²) in [5.74, 6) is -0.572. The lowest BCUT2D eigenvalue weighted by molar-refractivity contribution is -0.137. The van der Waals surface area contributed by atoms with Crippen LogP contribution in [-0.2, 0) is 16.0 Å². The fourth-order valence-electron chi connectivity index (χ4n) is 3.33. The number of hydrogen-bond donors (Lipinski definition) is 0. The molecular formula is C23H23FN2O3. The van der Waals surface area contributed by atoms with E-state index in [1.54, 1.807) is 11.5 Å². The Hall–Kier alpha value is -3.28. The predicted molar refractivity (Wildman–Crippen MR) is 112 cm³/mol. The second-order valence-corrected chi connectivity index (χ2v) is 6.84. The van der Waals surface area contributed by atoms with Gasteiger partial charge in [-0.3, -0.25) is 9.36 Å². The molecule has 2 aromatic carbocycles. The van der Waals surface area contributed by atoms with Gasteiger partial charge >= 0.3 is 5.97 Å². The molecule has 0 aliphatic heterocycles. The first-order valence-corrected chi connectivity index (χ1v) is 9.52. The summed E-state index contributed by atoms with van der Waals surface area (Å²) in [4.78, 5) is 29.4. The summed E-state index contributed by atoms with van der Waals surface area (Å²) in [7, 11) is 0.